The first kappa shape index (κ1) is 15.8. The molecule has 0 saturated carbocycles. The molecule has 0 spiro atoms. The molecule has 1 rings (SSSR count). The third kappa shape index (κ3) is 3.83. The van der Waals surface area contributed by atoms with E-state index in [1.807, 2.05) is 20.8 Å². The average Bonchev–Trinajstić information content (AvgIpc) is 2.75. The second kappa shape index (κ2) is 6.75. The molecule has 1 unspecified atom stereocenters. The summed E-state index contributed by atoms with van der Waals surface area (Å²) in [6.45, 7) is 6.36. The standard InChI is InChI=1S/C13H24N2O4/c1-8(2)11(14-13(17)19-5)12(16)15-7-10(18-4)6-9(15)3/h8-11H,6-7H2,1-5H3,(H,14,17)/t9?,10-,11+/m1/s1. The van der Waals surface area contributed by atoms with Gasteiger partial charge in [0, 0.05) is 19.7 Å². The molecule has 1 saturated heterocycles. The lowest BCUT2D eigenvalue weighted by atomic mass is 10.0. The van der Waals surface area contributed by atoms with Crippen molar-refractivity contribution >= 4 is 12.0 Å². The zero-order valence-corrected chi connectivity index (χ0v) is 12.3. The van der Waals surface area contributed by atoms with Gasteiger partial charge in [-0.15, -0.1) is 0 Å². The number of methoxy groups -OCH3 is 2. The van der Waals surface area contributed by atoms with Gasteiger partial charge in [-0.2, -0.15) is 0 Å². The summed E-state index contributed by atoms with van der Waals surface area (Å²) in [5.41, 5.74) is 0. The molecule has 0 aromatic rings. The molecule has 1 heterocycles. The summed E-state index contributed by atoms with van der Waals surface area (Å²) in [7, 11) is 2.94. The minimum Gasteiger partial charge on any atom is -0.453 e. The van der Waals surface area contributed by atoms with E-state index in [1.54, 1.807) is 12.0 Å². The zero-order chi connectivity index (χ0) is 14.6. The number of nitrogens with one attached hydrogen (secondary N) is 1. The summed E-state index contributed by atoms with van der Waals surface area (Å²) in [6.07, 6.45) is 0.317. The van der Waals surface area contributed by atoms with Gasteiger partial charge >= 0.3 is 6.09 Å². The predicted octanol–water partition coefficient (Wildman–Crippen LogP) is 1.00. The van der Waals surface area contributed by atoms with Gasteiger partial charge in [0.05, 0.1) is 13.2 Å². The fraction of sp³-hybridized carbons (Fsp3) is 0.846. The van der Waals surface area contributed by atoms with Crippen LogP contribution in [0.15, 0.2) is 0 Å². The lowest BCUT2D eigenvalue weighted by Crippen LogP contribution is -2.52. The van der Waals surface area contributed by atoms with Crippen molar-refractivity contribution < 1.29 is 19.1 Å². The summed E-state index contributed by atoms with van der Waals surface area (Å²) in [6, 6.07) is -0.441. The van der Waals surface area contributed by atoms with Gasteiger partial charge in [0.25, 0.3) is 0 Å². The number of likely N-dealkylation sites (tertiary alicyclic amines) is 1. The van der Waals surface area contributed by atoms with Crippen molar-refractivity contribution in [3.05, 3.63) is 0 Å². The number of carbonyl (C=O) groups excluding carboxylic acids is 2. The van der Waals surface area contributed by atoms with Crippen LogP contribution in [0.2, 0.25) is 0 Å². The van der Waals surface area contributed by atoms with Gasteiger partial charge in [0.15, 0.2) is 0 Å². The predicted molar refractivity (Wildman–Crippen MR) is 70.8 cm³/mol. The smallest absolute Gasteiger partial charge is 0.407 e. The second-order valence-corrected chi connectivity index (χ2v) is 5.29. The van der Waals surface area contributed by atoms with Crippen LogP contribution in [0.25, 0.3) is 0 Å². The van der Waals surface area contributed by atoms with E-state index in [9.17, 15) is 9.59 Å². The SMILES string of the molecule is COC(=O)N[C@H](C(=O)N1C[C@H](OC)CC1C)C(C)C. The Balaban J connectivity index is 2.74. The lowest BCUT2D eigenvalue weighted by Gasteiger charge is -2.29. The molecular weight excluding hydrogens is 248 g/mol. The maximum absolute atomic E-state index is 12.5. The molecule has 1 fully saturated rings. The number of ether oxygens (including phenoxy) is 2. The van der Waals surface area contributed by atoms with Crippen LogP contribution < -0.4 is 5.32 Å². The van der Waals surface area contributed by atoms with Gasteiger partial charge in [0.1, 0.15) is 6.04 Å². The fourth-order valence-electron chi connectivity index (χ4n) is 2.34. The van der Waals surface area contributed by atoms with Crippen LogP contribution in [0.5, 0.6) is 0 Å². The first-order chi connectivity index (χ1) is 8.90. The highest BCUT2D eigenvalue weighted by Crippen LogP contribution is 2.21. The number of hydrogen-bond acceptors (Lipinski definition) is 4. The van der Waals surface area contributed by atoms with Gasteiger partial charge < -0.3 is 19.7 Å². The minimum absolute atomic E-state index is 0.000366. The second-order valence-electron chi connectivity index (χ2n) is 5.29. The molecule has 0 aliphatic carbocycles. The molecule has 19 heavy (non-hydrogen) atoms. The zero-order valence-electron chi connectivity index (χ0n) is 12.3. The van der Waals surface area contributed by atoms with Crippen LogP contribution in [0.1, 0.15) is 27.2 Å². The van der Waals surface area contributed by atoms with Gasteiger partial charge in [-0.25, -0.2) is 4.79 Å². The third-order valence-corrected chi connectivity index (χ3v) is 3.54. The summed E-state index contributed by atoms with van der Waals surface area (Å²) in [4.78, 5) is 25.6. The average molecular weight is 272 g/mol. The number of nitrogens with zero attached hydrogens (tertiary/aromatic N) is 1. The Bertz CT molecular complexity index is 333. The summed E-state index contributed by atoms with van der Waals surface area (Å²) < 4.78 is 9.87. The Kier molecular flexibility index (Phi) is 5.60. The highest BCUT2D eigenvalue weighted by molar-refractivity contribution is 5.86. The minimum atomic E-state index is -0.581. The third-order valence-electron chi connectivity index (χ3n) is 3.54. The Morgan fingerprint density at radius 2 is 1.95 bits per heavy atom. The molecule has 1 N–H and O–H groups in total. The number of alkyl carbamates (subject to hydrolysis) is 1. The van der Waals surface area contributed by atoms with Gasteiger partial charge in [-0.3, -0.25) is 4.79 Å². The highest BCUT2D eigenvalue weighted by atomic mass is 16.5. The molecule has 2 amide bonds. The molecular formula is C13H24N2O4. The van der Waals surface area contributed by atoms with Crippen LogP contribution in [-0.4, -0.2) is 55.9 Å². The van der Waals surface area contributed by atoms with Crippen molar-refractivity contribution in [3.63, 3.8) is 0 Å². The molecule has 0 bridgehead atoms. The van der Waals surface area contributed by atoms with E-state index in [0.29, 0.717) is 6.54 Å². The van der Waals surface area contributed by atoms with Crippen molar-refractivity contribution in [2.24, 2.45) is 5.92 Å². The molecule has 6 heteroatoms. The van der Waals surface area contributed by atoms with Crippen molar-refractivity contribution in [2.45, 2.75) is 45.4 Å². The maximum Gasteiger partial charge on any atom is 0.407 e. The molecule has 3 atom stereocenters. The molecule has 0 aromatic heterocycles. The van der Waals surface area contributed by atoms with Crippen molar-refractivity contribution in [1.29, 1.82) is 0 Å². The van der Waals surface area contributed by atoms with Gasteiger partial charge in [-0.1, -0.05) is 13.8 Å². The Morgan fingerprint density at radius 3 is 2.37 bits per heavy atom. The van der Waals surface area contributed by atoms with E-state index in [4.69, 9.17) is 4.74 Å². The van der Waals surface area contributed by atoms with Crippen LogP contribution in [-0.2, 0) is 14.3 Å². The van der Waals surface area contributed by atoms with E-state index in [2.05, 4.69) is 10.1 Å². The Labute approximate surface area is 114 Å². The molecule has 6 nitrogen and oxygen atoms in total. The first-order valence-electron chi connectivity index (χ1n) is 6.58. The van der Waals surface area contributed by atoms with Crippen molar-refractivity contribution in [2.75, 3.05) is 20.8 Å². The van der Waals surface area contributed by atoms with E-state index < -0.39 is 12.1 Å². The Hall–Kier alpha value is -1.30. The van der Waals surface area contributed by atoms with Crippen LogP contribution in [0.3, 0.4) is 0 Å². The van der Waals surface area contributed by atoms with Crippen molar-refractivity contribution in [1.82, 2.24) is 10.2 Å². The number of rotatable bonds is 4. The number of carbonyl (C=O) groups is 2. The van der Waals surface area contributed by atoms with Crippen LogP contribution in [0.4, 0.5) is 4.79 Å². The molecule has 110 valence electrons. The molecule has 1 aliphatic heterocycles. The van der Waals surface area contributed by atoms with E-state index in [-0.39, 0.29) is 24.0 Å². The summed E-state index contributed by atoms with van der Waals surface area (Å²) in [5.74, 6) is -0.0761. The van der Waals surface area contributed by atoms with Crippen LogP contribution >= 0.6 is 0 Å². The fourth-order valence-corrected chi connectivity index (χ4v) is 2.34. The van der Waals surface area contributed by atoms with E-state index in [0.717, 1.165) is 6.42 Å². The summed E-state index contributed by atoms with van der Waals surface area (Å²) in [5, 5.41) is 2.60. The van der Waals surface area contributed by atoms with Crippen molar-refractivity contribution in [3.8, 4) is 0 Å². The molecule has 1 aliphatic rings. The van der Waals surface area contributed by atoms with Crippen LogP contribution in [0, 0.1) is 5.92 Å². The monoisotopic (exact) mass is 272 g/mol. The van der Waals surface area contributed by atoms with Gasteiger partial charge in [0.2, 0.25) is 5.91 Å². The Morgan fingerprint density at radius 1 is 1.32 bits per heavy atom. The molecule has 0 radical (unpaired) electrons. The van der Waals surface area contributed by atoms with Gasteiger partial charge in [-0.05, 0) is 19.3 Å². The van der Waals surface area contributed by atoms with E-state index >= 15 is 0 Å². The first-order valence-corrected chi connectivity index (χ1v) is 6.58. The number of amides is 2. The topological polar surface area (TPSA) is 67.9 Å². The largest absolute Gasteiger partial charge is 0.453 e. The quantitative estimate of drug-likeness (QED) is 0.829. The molecule has 0 aromatic carbocycles. The highest BCUT2D eigenvalue weighted by Gasteiger charge is 2.37. The lowest BCUT2D eigenvalue weighted by molar-refractivity contribution is -0.135. The normalized spacial score (nSPS) is 24.4. The number of hydrogen-bond donors (Lipinski definition) is 1. The summed E-state index contributed by atoms with van der Waals surface area (Å²) >= 11 is 0. The maximum atomic E-state index is 12.5. The van der Waals surface area contributed by atoms with E-state index in [1.165, 1.54) is 7.11 Å².